The number of nitrogens with zero attached hydrogens (tertiary/aromatic N) is 1. The molecule has 0 aliphatic carbocycles. The van der Waals surface area contributed by atoms with Crippen molar-refractivity contribution in [1.82, 2.24) is 4.98 Å². The van der Waals surface area contributed by atoms with Gasteiger partial charge in [0.25, 0.3) is 0 Å². The van der Waals surface area contributed by atoms with E-state index < -0.39 is 0 Å². The quantitative estimate of drug-likeness (QED) is 0.649. The average Bonchev–Trinajstić information content (AvgIpc) is 2.48. The highest BCUT2D eigenvalue weighted by molar-refractivity contribution is 14.1. The Morgan fingerprint density at radius 2 is 1.75 bits per heavy atom. The molecule has 2 aromatic carbocycles. The SMILES string of the molecule is CNc1c(C)c(-c2ccccc2)nc2c(I)cccc12. The minimum Gasteiger partial charge on any atom is -0.387 e. The fraction of sp³-hybridized carbons (Fsp3) is 0.118. The lowest BCUT2D eigenvalue weighted by atomic mass is 10.0. The molecule has 0 saturated heterocycles. The highest BCUT2D eigenvalue weighted by Crippen LogP contribution is 2.34. The first-order valence-electron chi connectivity index (χ1n) is 6.54. The molecule has 0 atom stereocenters. The van der Waals surface area contributed by atoms with Gasteiger partial charge in [-0.3, -0.25) is 0 Å². The Morgan fingerprint density at radius 1 is 1.00 bits per heavy atom. The molecule has 1 aromatic heterocycles. The maximum absolute atomic E-state index is 4.91. The molecule has 100 valence electrons. The standard InChI is InChI=1S/C17H15IN2/c1-11-15(12-7-4-3-5-8-12)20-17-13(16(11)19-2)9-6-10-14(17)18/h3-10H,1-2H3,(H,19,20). The number of anilines is 1. The van der Waals surface area contributed by atoms with Gasteiger partial charge >= 0.3 is 0 Å². The summed E-state index contributed by atoms with van der Waals surface area (Å²) in [6.45, 7) is 2.13. The summed E-state index contributed by atoms with van der Waals surface area (Å²) in [5.74, 6) is 0. The van der Waals surface area contributed by atoms with E-state index in [0.717, 1.165) is 22.5 Å². The van der Waals surface area contributed by atoms with Crippen molar-refractivity contribution < 1.29 is 0 Å². The number of fused-ring (bicyclic) bond motifs is 1. The van der Waals surface area contributed by atoms with E-state index in [9.17, 15) is 0 Å². The molecule has 0 aliphatic heterocycles. The predicted molar refractivity (Wildman–Crippen MR) is 94.2 cm³/mol. The fourth-order valence-corrected chi connectivity index (χ4v) is 3.16. The fourth-order valence-electron chi connectivity index (χ4n) is 2.55. The highest BCUT2D eigenvalue weighted by Gasteiger charge is 2.13. The molecular weight excluding hydrogens is 359 g/mol. The summed E-state index contributed by atoms with van der Waals surface area (Å²) in [5.41, 5.74) is 5.61. The van der Waals surface area contributed by atoms with Gasteiger partial charge in [0, 0.05) is 27.3 Å². The molecule has 0 fully saturated rings. The van der Waals surface area contributed by atoms with Crippen molar-refractivity contribution in [3.05, 3.63) is 57.7 Å². The summed E-state index contributed by atoms with van der Waals surface area (Å²) in [6, 6.07) is 16.6. The molecule has 20 heavy (non-hydrogen) atoms. The molecule has 0 bridgehead atoms. The first kappa shape index (κ1) is 13.4. The molecule has 0 radical (unpaired) electrons. The molecule has 1 heterocycles. The Balaban J connectivity index is 2.40. The van der Waals surface area contributed by atoms with Gasteiger partial charge in [0.05, 0.1) is 11.2 Å². The number of rotatable bonds is 2. The maximum atomic E-state index is 4.91. The van der Waals surface area contributed by atoms with Crippen LogP contribution in [0.1, 0.15) is 5.56 Å². The average molecular weight is 374 g/mol. The van der Waals surface area contributed by atoms with Gasteiger partial charge in [-0.05, 0) is 41.1 Å². The summed E-state index contributed by atoms with van der Waals surface area (Å²) in [4.78, 5) is 4.91. The summed E-state index contributed by atoms with van der Waals surface area (Å²) in [7, 11) is 1.97. The second kappa shape index (κ2) is 5.40. The van der Waals surface area contributed by atoms with Crippen molar-refractivity contribution in [2.75, 3.05) is 12.4 Å². The predicted octanol–water partition coefficient (Wildman–Crippen LogP) is 4.86. The minimum absolute atomic E-state index is 1.05. The largest absolute Gasteiger partial charge is 0.387 e. The number of benzene rings is 2. The van der Waals surface area contributed by atoms with E-state index >= 15 is 0 Å². The number of halogens is 1. The van der Waals surface area contributed by atoms with Crippen LogP contribution >= 0.6 is 22.6 Å². The third-order valence-electron chi connectivity index (χ3n) is 3.51. The van der Waals surface area contributed by atoms with Gasteiger partial charge in [-0.15, -0.1) is 0 Å². The van der Waals surface area contributed by atoms with E-state index in [1.165, 1.54) is 14.5 Å². The van der Waals surface area contributed by atoms with Crippen molar-refractivity contribution in [2.45, 2.75) is 6.92 Å². The zero-order valence-electron chi connectivity index (χ0n) is 11.4. The summed E-state index contributed by atoms with van der Waals surface area (Å²) >= 11 is 2.35. The molecule has 3 heteroatoms. The number of pyridine rings is 1. The van der Waals surface area contributed by atoms with Crippen LogP contribution in [0.4, 0.5) is 5.69 Å². The molecule has 1 N–H and O–H groups in total. The van der Waals surface area contributed by atoms with Crippen molar-refractivity contribution in [2.24, 2.45) is 0 Å². The van der Waals surface area contributed by atoms with Crippen LogP contribution in [-0.4, -0.2) is 12.0 Å². The van der Waals surface area contributed by atoms with Gasteiger partial charge in [-0.2, -0.15) is 0 Å². The molecule has 2 nitrogen and oxygen atoms in total. The number of nitrogens with one attached hydrogen (secondary N) is 1. The van der Waals surface area contributed by atoms with Crippen LogP contribution in [0.5, 0.6) is 0 Å². The van der Waals surface area contributed by atoms with Gasteiger partial charge in [0.1, 0.15) is 0 Å². The van der Waals surface area contributed by atoms with E-state index in [0.29, 0.717) is 0 Å². The van der Waals surface area contributed by atoms with Gasteiger partial charge in [0.15, 0.2) is 0 Å². The Bertz CT molecular complexity index is 767. The third kappa shape index (κ3) is 2.16. The zero-order chi connectivity index (χ0) is 14.1. The van der Waals surface area contributed by atoms with Crippen molar-refractivity contribution in [1.29, 1.82) is 0 Å². The highest BCUT2D eigenvalue weighted by atomic mass is 127. The number of hydrogen-bond acceptors (Lipinski definition) is 2. The summed E-state index contributed by atoms with van der Waals surface area (Å²) < 4.78 is 1.17. The van der Waals surface area contributed by atoms with Gasteiger partial charge < -0.3 is 5.32 Å². The van der Waals surface area contributed by atoms with E-state index in [-0.39, 0.29) is 0 Å². The molecular formula is C17H15IN2. The summed E-state index contributed by atoms with van der Waals surface area (Å²) in [5, 5.41) is 4.51. The molecule has 0 spiro atoms. The van der Waals surface area contributed by atoms with E-state index in [1.54, 1.807) is 0 Å². The number of aromatic nitrogens is 1. The Morgan fingerprint density at radius 3 is 2.45 bits per heavy atom. The number of hydrogen-bond donors (Lipinski definition) is 1. The van der Waals surface area contributed by atoms with Crippen LogP contribution in [0, 0.1) is 10.5 Å². The van der Waals surface area contributed by atoms with Crippen molar-refractivity contribution in [3.8, 4) is 11.3 Å². The third-order valence-corrected chi connectivity index (χ3v) is 4.38. The maximum Gasteiger partial charge on any atom is 0.0863 e. The smallest absolute Gasteiger partial charge is 0.0863 e. The van der Waals surface area contributed by atoms with E-state index in [1.807, 2.05) is 13.1 Å². The zero-order valence-corrected chi connectivity index (χ0v) is 13.6. The van der Waals surface area contributed by atoms with Crippen molar-refractivity contribution in [3.63, 3.8) is 0 Å². The number of para-hydroxylation sites is 1. The Labute approximate surface area is 132 Å². The van der Waals surface area contributed by atoms with E-state index in [2.05, 4.69) is 77.3 Å². The molecule has 0 unspecified atom stereocenters. The molecule has 0 aliphatic rings. The lowest BCUT2D eigenvalue weighted by Crippen LogP contribution is -1.99. The van der Waals surface area contributed by atoms with Crippen LogP contribution in [0.15, 0.2) is 48.5 Å². The normalized spacial score (nSPS) is 10.8. The van der Waals surface area contributed by atoms with Crippen LogP contribution in [0.3, 0.4) is 0 Å². The summed E-state index contributed by atoms with van der Waals surface area (Å²) in [6.07, 6.45) is 0. The van der Waals surface area contributed by atoms with Gasteiger partial charge in [0.2, 0.25) is 0 Å². The first-order valence-corrected chi connectivity index (χ1v) is 7.62. The van der Waals surface area contributed by atoms with Crippen LogP contribution in [0.25, 0.3) is 22.2 Å². The second-order valence-electron chi connectivity index (χ2n) is 4.71. The first-order chi connectivity index (χ1) is 9.72. The van der Waals surface area contributed by atoms with Gasteiger partial charge in [-0.25, -0.2) is 4.98 Å². The lowest BCUT2D eigenvalue weighted by molar-refractivity contribution is 1.31. The monoisotopic (exact) mass is 374 g/mol. The topological polar surface area (TPSA) is 24.9 Å². The molecule has 0 amide bonds. The van der Waals surface area contributed by atoms with E-state index in [4.69, 9.17) is 4.98 Å². The van der Waals surface area contributed by atoms with Crippen LogP contribution < -0.4 is 5.32 Å². The van der Waals surface area contributed by atoms with Crippen LogP contribution in [0.2, 0.25) is 0 Å². The Hall–Kier alpha value is -1.62. The molecule has 3 aromatic rings. The molecule has 0 saturated carbocycles. The van der Waals surface area contributed by atoms with Crippen LogP contribution in [-0.2, 0) is 0 Å². The van der Waals surface area contributed by atoms with Gasteiger partial charge in [-0.1, -0.05) is 42.5 Å². The Kier molecular flexibility index (Phi) is 3.61. The van der Waals surface area contributed by atoms with Crippen molar-refractivity contribution >= 4 is 39.2 Å². The molecule has 3 rings (SSSR count). The minimum atomic E-state index is 1.05. The second-order valence-corrected chi connectivity index (χ2v) is 5.87. The lowest BCUT2D eigenvalue weighted by Gasteiger charge is -2.15.